The van der Waals surface area contributed by atoms with Crippen LogP contribution in [0.1, 0.15) is 33.6 Å². The summed E-state index contributed by atoms with van der Waals surface area (Å²) in [4.78, 5) is 10.9. The average molecular weight is 186 g/mol. The van der Waals surface area contributed by atoms with E-state index in [-0.39, 0.29) is 23.4 Å². The lowest BCUT2D eigenvalue weighted by Gasteiger charge is -2.44. The molecule has 3 atom stereocenters. The Morgan fingerprint density at radius 1 is 1.38 bits per heavy atom. The molecule has 0 saturated heterocycles. The van der Waals surface area contributed by atoms with Crippen molar-refractivity contribution in [2.45, 2.75) is 39.7 Å². The van der Waals surface area contributed by atoms with Crippen molar-refractivity contribution in [3.63, 3.8) is 0 Å². The van der Waals surface area contributed by atoms with Crippen LogP contribution in [0.2, 0.25) is 0 Å². The zero-order valence-electron chi connectivity index (χ0n) is 8.45. The summed E-state index contributed by atoms with van der Waals surface area (Å²) in [6, 6.07) is 0. The van der Waals surface area contributed by atoms with Crippen LogP contribution in [0, 0.1) is 17.3 Å². The molecular weight excluding hydrogens is 168 g/mol. The fraction of sp³-hybridized carbons (Fsp3) is 0.900. The van der Waals surface area contributed by atoms with Crippen LogP contribution in [0.25, 0.3) is 0 Å². The van der Waals surface area contributed by atoms with E-state index >= 15 is 0 Å². The van der Waals surface area contributed by atoms with Crippen molar-refractivity contribution in [2.75, 3.05) is 0 Å². The van der Waals surface area contributed by atoms with Gasteiger partial charge in [0.2, 0.25) is 0 Å². The molecule has 2 N–H and O–H groups in total. The third-order valence-electron chi connectivity index (χ3n) is 3.70. The number of rotatable bonds is 1. The summed E-state index contributed by atoms with van der Waals surface area (Å²) < 4.78 is 0. The van der Waals surface area contributed by atoms with Gasteiger partial charge in [0.25, 0.3) is 0 Å². The molecule has 3 heteroatoms. The summed E-state index contributed by atoms with van der Waals surface area (Å²) in [7, 11) is 0. The van der Waals surface area contributed by atoms with Crippen LogP contribution in [0.5, 0.6) is 0 Å². The van der Waals surface area contributed by atoms with E-state index in [4.69, 9.17) is 5.11 Å². The summed E-state index contributed by atoms with van der Waals surface area (Å²) in [5, 5.41) is 18.6. The zero-order valence-corrected chi connectivity index (χ0v) is 8.45. The molecule has 0 bridgehead atoms. The normalized spacial score (nSPS) is 38.6. The lowest BCUT2D eigenvalue weighted by atomic mass is 9.62. The van der Waals surface area contributed by atoms with Crippen molar-refractivity contribution in [2.24, 2.45) is 17.3 Å². The van der Waals surface area contributed by atoms with Gasteiger partial charge in [-0.3, -0.25) is 4.79 Å². The second-order valence-electron chi connectivity index (χ2n) is 4.65. The summed E-state index contributed by atoms with van der Waals surface area (Å²) >= 11 is 0. The molecule has 0 spiro atoms. The number of carboxylic acids is 1. The highest BCUT2D eigenvalue weighted by molar-refractivity contribution is 5.71. The highest BCUT2D eigenvalue weighted by Gasteiger charge is 2.45. The van der Waals surface area contributed by atoms with E-state index in [1.165, 1.54) is 0 Å². The van der Waals surface area contributed by atoms with Gasteiger partial charge < -0.3 is 10.2 Å². The third-order valence-corrected chi connectivity index (χ3v) is 3.70. The second kappa shape index (κ2) is 3.29. The van der Waals surface area contributed by atoms with Crippen molar-refractivity contribution >= 4 is 5.97 Å². The van der Waals surface area contributed by atoms with E-state index in [0.29, 0.717) is 12.8 Å². The SMILES string of the molecule is C[C@@H]1[C@H](O)CC[C@@H](C(=O)O)C1(C)C. The van der Waals surface area contributed by atoms with Gasteiger partial charge in [0.05, 0.1) is 12.0 Å². The van der Waals surface area contributed by atoms with Crippen molar-refractivity contribution in [1.82, 2.24) is 0 Å². The van der Waals surface area contributed by atoms with E-state index in [2.05, 4.69) is 0 Å². The number of carbonyl (C=O) groups is 1. The first-order valence-electron chi connectivity index (χ1n) is 4.78. The maximum atomic E-state index is 10.9. The van der Waals surface area contributed by atoms with Gasteiger partial charge in [-0.25, -0.2) is 0 Å². The lowest BCUT2D eigenvalue weighted by molar-refractivity contribution is -0.153. The Balaban J connectivity index is 2.85. The number of carboxylic acid groups (broad SMARTS) is 1. The molecule has 0 unspecified atom stereocenters. The zero-order chi connectivity index (χ0) is 10.2. The minimum Gasteiger partial charge on any atom is -0.481 e. The Labute approximate surface area is 78.8 Å². The highest BCUT2D eigenvalue weighted by Crippen LogP contribution is 2.44. The molecule has 0 heterocycles. The van der Waals surface area contributed by atoms with Crippen LogP contribution in [-0.4, -0.2) is 22.3 Å². The smallest absolute Gasteiger partial charge is 0.307 e. The molecule has 0 aromatic carbocycles. The molecule has 76 valence electrons. The van der Waals surface area contributed by atoms with Crippen LogP contribution < -0.4 is 0 Å². The van der Waals surface area contributed by atoms with Crippen molar-refractivity contribution < 1.29 is 15.0 Å². The molecule has 1 saturated carbocycles. The maximum Gasteiger partial charge on any atom is 0.307 e. The third kappa shape index (κ3) is 1.70. The Hall–Kier alpha value is -0.570. The van der Waals surface area contributed by atoms with Crippen LogP contribution in [0.3, 0.4) is 0 Å². The van der Waals surface area contributed by atoms with Gasteiger partial charge in [-0.2, -0.15) is 0 Å². The van der Waals surface area contributed by atoms with E-state index in [1.807, 2.05) is 20.8 Å². The topological polar surface area (TPSA) is 57.5 Å². The molecule has 0 aliphatic heterocycles. The minimum absolute atomic E-state index is 0.0577. The van der Waals surface area contributed by atoms with Gasteiger partial charge in [0.15, 0.2) is 0 Å². The Bertz CT molecular complexity index is 210. The predicted molar refractivity (Wildman–Crippen MR) is 49.3 cm³/mol. The van der Waals surface area contributed by atoms with Crippen LogP contribution in [0.4, 0.5) is 0 Å². The first-order valence-corrected chi connectivity index (χ1v) is 4.78. The molecule has 0 radical (unpaired) electrons. The van der Waals surface area contributed by atoms with Gasteiger partial charge in [-0.1, -0.05) is 20.8 Å². The largest absolute Gasteiger partial charge is 0.481 e. The van der Waals surface area contributed by atoms with Crippen LogP contribution in [0.15, 0.2) is 0 Å². The quantitative estimate of drug-likeness (QED) is 0.652. The lowest BCUT2D eigenvalue weighted by Crippen LogP contribution is -2.45. The van der Waals surface area contributed by atoms with Gasteiger partial charge in [-0.05, 0) is 24.2 Å². The molecule has 0 aromatic rings. The van der Waals surface area contributed by atoms with Crippen molar-refractivity contribution in [1.29, 1.82) is 0 Å². The van der Waals surface area contributed by atoms with E-state index in [9.17, 15) is 9.90 Å². The fourth-order valence-corrected chi connectivity index (χ4v) is 2.21. The van der Waals surface area contributed by atoms with Gasteiger partial charge >= 0.3 is 5.97 Å². The van der Waals surface area contributed by atoms with Gasteiger partial charge in [0, 0.05) is 0 Å². The molecule has 0 aromatic heterocycles. The number of aliphatic hydroxyl groups excluding tert-OH is 1. The van der Waals surface area contributed by atoms with Crippen molar-refractivity contribution in [3.05, 3.63) is 0 Å². The highest BCUT2D eigenvalue weighted by atomic mass is 16.4. The standard InChI is InChI=1S/C10H18O3/c1-6-8(11)5-4-7(9(12)13)10(6,2)3/h6-8,11H,4-5H2,1-3H3,(H,12,13)/t6-,7+,8-/m1/s1. The number of hydrogen-bond acceptors (Lipinski definition) is 2. The molecule has 1 aliphatic carbocycles. The number of hydrogen-bond donors (Lipinski definition) is 2. The monoisotopic (exact) mass is 186 g/mol. The van der Waals surface area contributed by atoms with E-state index < -0.39 is 5.97 Å². The summed E-state index contributed by atoms with van der Waals surface area (Å²) in [6.45, 7) is 5.79. The Morgan fingerprint density at radius 2 is 1.92 bits per heavy atom. The second-order valence-corrected chi connectivity index (χ2v) is 4.65. The summed E-state index contributed by atoms with van der Waals surface area (Å²) in [5.74, 6) is -0.989. The number of aliphatic carboxylic acids is 1. The van der Waals surface area contributed by atoms with E-state index in [0.717, 1.165) is 0 Å². The molecular formula is C10H18O3. The molecule has 3 nitrogen and oxygen atoms in total. The first kappa shape index (κ1) is 10.5. The molecule has 1 fully saturated rings. The molecule has 1 aliphatic rings. The Kier molecular flexibility index (Phi) is 2.66. The van der Waals surface area contributed by atoms with Gasteiger partial charge in [-0.15, -0.1) is 0 Å². The fourth-order valence-electron chi connectivity index (χ4n) is 2.21. The Morgan fingerprint density at radius 3 is 2.38 bits per heavy atom. The van der Waals surface area contributed by atoms with Gasteiger partial charge in [0.1, 0.15) is 0 Å². The maximum absolute atomic E-state index is 10.9. The van der Waals surface area contributed by atoms with Crippen LogP contribution in [-0.2, 0) is 4.79 Å². The molecule has 0 amide bonds. The first-order chi connectivity index (χ1) is 5.87. The summed E-state index contributed by atoms with van der Waals surface area (Å²) in [6.07, 6.45) is 0.862. The summed E-state index contributed by atoms with van der Waals surface area (Å²) in [5.41, 5.74) is -0.302. The molecule has 13 heavy (non-hydrogen) atoms. The van der Waals surface area contributed by atoms with Crippen molar-refractivity contribution in [3.8, 4) is 0 Å². The average Bonchev–Trinajstić information content (AvgIpc) is 1.99. The minimum atomic E-state index is -0.733. The number of aliphatic hydroxyl groups is 1. The molecule has 1 rings (SSSR count). The van der Waals surface area contributed by atoms with E-state index in [1.54, 1.807) is 0 Å². The predicted octanol–water partition coefficient (Wildman–Crippen LogP) is 1.50. The van der Waals surface area contributed by atoms with Crippen LogP contribution >= 0.6 is 0 Å².